The number of nitrogens with zero attached hydrogens (tertiary/aromatic N) is 2. The fourth-order valence-electron chi connectivity index (χ4n) is 4.41. The number of amides is 1. The van der Waals surface area contributed by atoms with Crippen molar-refractivity contribution in [1.82, 2.24) is 4.98 Å². The van der Waals surface area contributed by atoms with Crippen LogP contribution in [0, 0.1) is 6.92 Å². The zero-order chi connectivity index (χ0) is 26.1. The highest BCUT2D eigenvalue weighted by Gasteiger charge is 2.48. The number of aromatic nitrogens is 1. The number of aliphatic hydroxyl groups is 1. The summed E-state index contributed by atoms with van der Waals surface area (Å²) in [5, 5.41) is 11.7. The molecule has 3 aromatic carbocycles. The number of rotatable bonds is 7. The highest BCUT2D eigenvalue weighted by atomic mass is 32.1. The van der Waals surface area contributed by atoms with E-state index in [-0.39, 0.29) is 11.3 Å². The third-order valence-electron chi connectivity index (χ3n) is 6.13. The van der Waals surface area contributed by atoms with Crippen LogP contribution in [0.5, 0.6) is 11.5 Å². The van der Waals surface area contributed by atoms with Crippen LogP contribution in [0.25, 0.3) is 16.0 Å². The van der Waals surface area contributed by atoms with E-state index in [0.29, 0.717) is 41.0 Å². The van der Waals surface area contributed by atoms with Gasteiger partial charge in [0.15, 0.2) is 5.13 Å². The number of ketones is 1. The number of Topliss-reactive ketones (excluding diaryl/α,β-unsaturated/α-hetero) is 1. The van der Waals surface area contributed by atoms with E-state index >= 15 is 0 Å². The molecule has 1 saturated heterocycles. The Kier molecular flexibility index (Phi) is 6.67. The van der Waals surface area contributed by atoms with Gasteiger partial charge >= 0.3 is 5.91 Å². The molecule has 2 heterocycles. The van der Waals surface area contributed by atoms with Crippen molar-refractivity contribution in [3.05, 3.63) is 89.0 Å². The normalized spacial score (nSPS) is 16.9. The second-order valence-corrected chi connectivity index (χ2v) is 9.61. The smallest absolute Gasteiger partial charge is 0.301 e. The molecule has 1 fully saturated rings. The summed E-state index contributed by atoms with van der Waals surface area (Å²) in [5.74, 6) is -0.430. The first-order valence-corrected chi connectivity index (χ1v) is 12.9. The molecule has 0 aliphatic carbocycles. The highest BCUT2D eigenvalue weighted by Crippen LogP contribution is 2.44. The van der Waals surface area contributed by atoms with Crippen molar-refractivity contribution in [2.75, 3.05) is 18.1 Å². The molecule has 37 heavy (non-hydrogen) atoms. The third kappa shape index (κ3) is 4.56. The molecule has 1 N–H and O–H groups in total. The lowest BCUT2D eigenvalue weighted by atomic mass is 9.95. The van der Waals surface area contributed by atoms with E-state index in [1.54, 1.807) is 48.5 Å². The van der Waals surface area contributed by atoms with Gasteiger partial charge in [-0.3, -0.25) is 14.5 Å². The van der Waals surface area contributed by atoms with Crippen LogP contribution in [0.2, 0.25) is 0 Å². The molecule has 1 amide bonds. The molecule has 0 bridgehead atoms. The zero-order valence-electron chi connectivity index (χ0n) is 20.7. The lowest BCUT2D eigenvalue weighted by Crippen LogP contribution is -2.29. The van der Waals surface area contributed by atoms with E-state index in [0.717, 1.165) is 15.8 Å². The van der Waals surface area contributed by atoms with Crippen molar-refractivity contribution < 1.29 is 24.2 Å². The molecule has 1 aromatic heterocycles. The average Bonchev–Trinajstić information content (AvgIpc) is 3.42. The van der Waals surface area contributed by atoms with E-state index in [2.05, 4.69) is 4.98 Å². The van der Waals surface area contributed by atoms with Gasteiger partial charge < -0.3 is 14.6 Å². The lowest BCUT2D eigenvalue weighted by molar-refractivity contribution is -0.132. The van der Waals surface area contributed by atoms with Gasteiger partial charge in [-0.25, -0.2) is 4.98 Å². The van der Waals surface area contributed by atoms with Gasteiger partial charge in [-0.2, -0.15) is 0 Å². The molecular formula is C29H26N2O5S. The topological polar surface area (TPSA) is 89.0 Å². The van der Waals surface area contributed by atoms with Crippen molar-refractivity contribution in [2.45, 2.75) is 26.8 Å². The summed E-state index contributed by atoms with van der Waals surface area (Å²) >= 11 is 1.34. The van der Waals surface area contributed by atoms with Gasteiger partial charge in [0.05, 0.1) is 35.0 Å². The minimum Gasteiger partial charge on any atom is -0.507 e. The number of carbonyl (C=O) groups is 2. The van der Waals surface area contributed by atoms with Crippen LogP contribution in [-0.2, 0) is 9.59 Å². The Morgan fingerprint density at radius 2 is 1.57 bits per heavy atom. The van der Waals surface area contributed by atoms with E-state index in [1.807, 2.05) is 39.0 Å². The van der Waals surface area contributed by atoms with Gasteiger partial charge in [-0.05, 0) is 80.4 Å². The van der Waals surface area contributed by atoms with Crippen LogP contribution in [0.1, 0.15) is 36.6 Å². The molecule has 0 radical (unpaired) electrons. The van der Waals surface area contributed by atoms with Crippen molar-refractivity contribution in [3.8, 4) is 11.5 Å². The number of benzene rings is 3. The van der Waals surface area contributed by atoms with Crippen molar-refractivity contribution in [3.63, 3.8) is 0 Å². The molecule has 188 valence electrons. The van der Waals surface area contributed by atoms with Crippen LogP contribution in [0.4, 0.5) is 5.13 Å². The number of anilines is 1. The molecule has 4 aromatic rings. The summed E-state index contributed by atoms with van der Waals surface area (Å²) < 4.78 is 12.0. The monoisotopic (exact) mass is 514 g/mol. The number of hydrogen-bond acceptors (Lipinski definition) is 7. The van der Waals surface area contributed by atoms with E-state index in [9.17, 15) is 14.7 Å². The molecule has 1 atom stereocenters. The minimum atomic E-state index is -0.857. The molecule has 0 saturated carbocycles. The minimum absolute atomic E-state index is 0.00811. The quantitative estimate of drug-likeness (QED) is 0.184. The van der Waals surface area contributed by atoms with Crippen LogP contribution in [0.3, 0.4) is 0 Å². The van der Waals surface area contributed by atoms with Gasteiger partial charge in [0.1, 0.15) is 17.3 Å². The van der Waals surface area contributed by atoms with Gasteiger partial charge in [0, 0.05) is 5.56 Å². The van der Waals surface area contributed by atoms with Gasteiger partial charge in [-0.1, -0.05) is 29.5 Å². The zero-order valence-corrected chi connectivity index (χ0v) is 21.5. The van der Waals surface area contributed by atoms with Crippen LogP contribution in [-0.4, -0.2) is 35.0 Å². The predicted octanol–water partition coefficient (Wildman–Crippen LogP) is 6.03. The van der Waals surface area contributed by atoms with Crippen molar-refractivity contribution in [2.24, 2.45) is 0 Å². The molecular weight excluding hydrogens is 488 g/mol. The Morgan fingerprint density at radius 1 is 0.946 bits per heavy atom. The number of carbonyl (C=O) groups excluding carboxylic acids is 2. The molecule has 8 heteroatoms. The Morgan fingerprint density at radius 3 is 2.19 bits per heavy atom. The first kappa shape index (κ1) is 24.5. The predicted molar refractivity (Wildman–Crippen MR) is 144 cm³/mol. The van der Waals surface area contributed by atoms with Crippen LogP contribution >= 0.6 is 11.3 Å². The first-order chi connectivity index (χ1) is 17.9. The lowest BCUT2D eigenvalue weighted by Gasteiger charge is -2.23. The van der Waals surface area contributed by atoms with Gasteiger partial charge in [0.2, 0.25) is 0 Å². The third-order valence-corrected chi connectivity index (χ3v) is 7.15. The number of hydrogen-bond donors (Lipinski definition) is 1. The summed E-state index contributed by atoms with van der Waals surface area (Å²) in [4.78, 5) is 32.9. The number of aliphatic hydroxyl groups excluding tert-OH is 1. The molecule has 1 unspecified atom stereocenters. The van der Waals surface area contributed by atoms with Gasteiger partial charge in [0.25, 0.3) is 5.78 Å². The Hall–Kier alpha value is -4.17. The van der Waals surface area contributed by atoms with Gasteiger partial charge in [-0.15, -0.1) is 0 Å². The van der Waals surface area contributed by atoms with E-state index in [1.165, 1.54) is 16.2 Å². The molecule has 5 rings (SSSR count). The largest absolute Gasteiger partial charge is 0.507 e. The summed E-state index contributed by atoms with van der Waals surface area (Å²) in [7, 11) is 0. The van der Waals surface area contributed by atoms with E-state index in [4.69, 9.17) is 9.47 Å². The Balaban J connectivity index is 1.66. The maximum atomic E-state index is 13.4. The average molecular weight is 515 g/mol. The Bertz CT molecular complexity index is 1510. The number of fused-ring (bicyclic) bond motifs is 1. The SMILES string of the molecule is CCOc1ccc(/C(O)=C2\C(=O)C(=O)N(c3nc4ccc(C)cc4s3)C2c2ccc(OCC)cc2)cc1. The highest BCUT2D eigenvalue weighted by molar-refractivity contribution is 7.22. The summed E-state index contributed by atoms with van der Waals surface area (Å²) in [6.45, 7) is 6.79. The Labute approximate surface area is 218 Å². The summed E-state index contributed by atoms with van der Waals surface area (Å²) in [5.41, 5.74) is 2.89. The number of ether oxygens (including phenoxy) is 2. The van der Waals surface area contributed by atoms with Crippen LogP contribution < -0.4 is 14.4 Å². The molecule has 1 aliphatic rings. The van der Waals surface area contributed by atoms with E-state index < -0.39 is 17.7 Å². The summed E-state index contributed by atoms with van der Waals surface area (Å²) in [6, 6.07) is 19.0. The van der Waals surface area contributed by atoms with Crippen LogP contribution in [0.15, 0.2) is 72.3 Å². The first-order valence-electron chi connectivity index (χ1n) is 12.1. The second-order valence-electron chi connectivity index (χ2n) is 8.60. The number of thiazole rings is 1. The molecule has 0 spiro atoms. The maximum Gasteiger partial charge on any atom is 0.301 e. The molecule has 1 aliphatic heterocycles. The van der Waals surface area contributed by atoms with Crippen molar-refractivity contribution >= 4 is 44.1 Å². The fraction of sp³-hybridized carbons (Fsp3) is 0.207. The maximum absolute atomic E-state index is 13.4. The standard InChI is InChI=1S/C29H26N2O5S/c1-4-35-20-11-7-18(8-12-20)25-24(26(32)19-9-13-21(14-10-19)36-5-2)27(33)28(34)31(25)29-30-22-15-6-17(3)16-23(22)37-29/h6-16,25,32H,4-5H2,1-3H3/b26-24+. The fourth-order valence-corrected chi connectivity index (χ4v) is 5.50. The molecule has 7 nitrogen and oxygen atoms in total. The van der Waals surface area contributed by atoms with Crippen molar-refractivity contribution in [1.29, 1.82) is 0 Å². The number of aryl methyl sites for hydroxylation is 1. The summed E-state index contributed by atoms with van der Waals surface area (Å²) in [6.07, 6.45) is 0. The second kappa shape index (κ2) is 10.1.